The fourth-order valence-corrected chi connectivity index (χ4v) is 3.37. The lowest BCUT2D eigenvalue weighted by atomic mass is 9.94. The monoisotopic (exact) mass is 456 g/mol. The van der Waals surface area contributed by atoms with Crippen molar-refractivity contribution in [3.63, 3.8) is 0 Å². The third-order valence-electron chi connectivity index (χ3n) is 4.68. The predicted molar refractivity (Wildman–Crippen MR) is 110 cm³/mol. The van der Waals surface area contributed by atoms with Crippen LogP contribution in [0.1, 0.15) is 18.9 Å². The molecule has 1 aliphatic rings. The van der Waals surface area contributed by atoms with E-state index in [0.717, 1.165) is 15.2 Å². The van der Waals surface area contributed by atoms with Crippen molar-refractivity contribution in [3.8, 4) is 0 Å². The molecule has 0 radical (unpaired) electrons. The quantitative estimate of drug-likeness (QED) is 0.697. The average molecular weight is 457 g/mol. The molecule has 0 saturated heterocycles. The molecule has 166 valence electrons. The van der Waals surface area contributed by atoms with Crippen LogP contribution in [0.2, 0.25) is 5.02 Å². The van der Waals surface area contributed by atoms with Crippen LogP contribution in [0.5, 0.6) is 0 Å². The molecule has 0 spiro atoms. The Kier molecular flexibility index (Phi) is 6.71. The van der Waals surface area contributed by atoms with Crippen LogP contribution < -0.4 is 16.7 Å². The Labute approximate surface area is 180 Å². The first kappa shape index (κ1) is 22.8. The smallest absolute Gasteiger partial charge is 0.395 e. The Bertz CT molecular complexity index is 1130. The number of anilines is 1. The van der Waals surface area contributed by atoms with Crippen molar-refractivity contribution in [1.82, 2.24) is 14.1 Å². The van der Waals surface area contributed by atoms with Gasteiger partial charge in [0.25, 0.3) is 0 Å². The van der Waals surface area contributed by atoms with Gasteiger partial charge in [-0.3, -0.25) is 4.57 Å². The molecule has 7 nitrogen and oxygen atoms in total. The van der Waals surface area contributed by atoms with Gasteiger partial charge >= 0.3 is 17.6 Å². The van der Waals surface area contributed by atoms with E-state index in [4.69, 9.17) is 16.7 Å². The summed E-state index contributed by atoms with van der Waals surface area (Å²) in [6.07, 6.45) is -2.14. The molecule has 1 heterocycles. The molecule has 1 atom stereocenters. The van der Waals surface area contributed by atoms with E-state index in [1.165, 1.54) is 0 Å². The molecule has 0 unspecified atom stereocenters. The van der Waals surface area contributed by atoms with Gasteiger partial charge in [0, 0.05) is 16.3 Å². The number of rotatable bonds is 6. The van der Waals surface area contributed by atoms with E-state index in [0.29, 0.717) is 10.6 Å². The molecule has 0 amide bonds. The summed E-state index contributed by atoms with van der Waals surface area (Å²) in [6, 6.07) is 6.58. The van der Waals surface area contributed by atoms with E-state index in [1.54, 1.807) is 37.3 Å². The number of nitrogens with one attached hydrogen (secondary N) is 1. The third kappa shape index (κ3) is 5.45. The zero-order valence-electron chi connectivity index (χ0n) is 16.5. The molecule has 0 bridgehead atoms. The molecule has 1 aromatic heterocycles. The zero-order valence-corrected chi connectivity index (χ0v) is 17.2. The molecule has 2 aromatic rings. The molecular formula is C20H20ClF3N4O3. The number of nitrogens with zero attached hydrogens (tertiary/aromatic N) is 3. The lowest BCUT2D eigenvalue weighted by Gasteiger charge is -2.22. The summed E-state index contributed by atoms with van der Waals surface area (Å²) in [5.41, 5.74) is -1.65. The van der Waals surface area contributed by atoms with Gasteiger partial charge in [0.05, 0.1) is 19.7 Å². The second-order valence-electron chi connectivity index (χ2n) is 7.18. The third-order valence-corrected chi connectivity index (χ3v) is 4.94. The summed E-state index contributed by atoms with van der Waals surface area (Å²) in [7, 11) is 0. The van der Waals surface area contributed by atoms with Crippen molar-refractivity contribution >= 4 is 17.5 Å². The number of hydrogen-bond donors (Lipinski definition) is 2. The van der Waals surface area contributed by atoms with Crippen LogP contribution >= 0.6 is 11.6 Å². The average Bonchev–Trinajstić information content (AvgIpc) is 2.68. The van der Waals surface area contributed by atoms with E-state index in [1.807, 2.05) is 0 Å². The Morgan fingerprint density at radius 1 is 1.23 bits per heavy atom. The van der Waals surface area contributed by atoms with Gasteiger partial charge in [0.15, 0.2) is 0 Å². The van der Waals surface area contributed by atoms with Gasteiger partial charge in [-0.25, -0.2) is 14.2 Å². The first-order valence-corrected chi connectivity index (χ1v) is 9.80. The largest absolute Gasteiger partial charge is 0.412 e. The number of aromatic nitrogens is 3. The summed E-state index contributed by atoms with van der Waals surface area (Å²) >= 11 is 5.89. The van der Waals surface area contributed by atoms with Crippen LogP contribution in [0.4, 0.5) is 19.1 Å². The number of halogens is 4. The van der Waals surface area contributed by atoms with Gasteiger partial charge in [0.2, 0.25) is 5.95 Å². The summed E-state index contributed by atoms with van der Waals surface area (Å²) in [5.74, 6) is -0.604. The van der Waals surface area contributed by atoms with Crippen molar-refractivity contribution in [3.05, 3.63) is 79.2 Å². The minimum atomic E-state index is -4.49. The van der Waals surface area contributed by atoms with Gasteiger partial charge in [-0.1, -0.05) is 36.7 Å². The van der Waals surface area contributed by atoms with Gasteiger partial charge in [-0.2, -0.15) is 18.2 Å². The topological polar surface area (TPSA) is 89.2 Å². The summed E-state index contributed by atoms with van der Waals surface area (Å²) in [4.78, 5) is 29.0. The van der Waals surface area contributed by atoms with Crippen molar-refractivity contribution < 1.29 is 18.3 Å². The Morgan fingerprint density at radius 2 is 1.90 bits per heavy atom. The highest BCUT2D eigenvalue weighted by Gasteiger charge is 2.35. The molecule has 1 aliphatic carbocycles. The summed E-state index contributed by atoms with van der Waals surface area (Å²) < 4.78 is 41.5. The summed E-state index contributed by atoms with van der Waals surface area (Å²) in [5, 5.41) is 12.3. The molecule has 0 fully saturated rings. The van der Waals surface area contributed by atoms with E-state index in [9.17, 15) is 22.8 Å². The van der Waals surface area contributed by atoms with E-state index >= 15 is 0 Å². The van der Waals surface area contributed by atoms with Crippen LogP contribution in [-0.4, -0.2) is 32.0 Å². The normalized spacial score (nSPS) is 16.6. The van der Waals surface area contributed by atoms with Crippen molar-refractivity contribution in [2.24, 2.45) is 5.92 Å². The van der Waals surface area contributed by atoms with Crippen molar-refractivity contribution in [1.29, 1.82) is 0 Å². The Hall–Kier alpha value is -2.85. The number of allylic oxidation sites excluding steroid dienone is 3. The van der Waals surface area contributed by atoms with Crippen LogP contribution in [0, 0.1) is 5.92 Å². The first-order valence-electron chi connectivity index (χ1n) is 9.42. The molecule has 31 heavy (non-hydrogen) atoms. The predicted octanol–water partition coefficient (Wildman–Crippen LogP) is 2.92. The second-order valence-corrected chi connectivity index (χ2v) is 7.62. The van der Waals surface area contributed by atoms with E-state index in [2.05, 4.69) is 10.3 Å². The van der Waals surface area contributed by atoms with Crippen LogP contribution in [0.3, 0.4) is 0 Å². The maximum absolute atomic E-state index is 13.2. The van der Waals surface area contributed by atoms with Gasteiger partial charge in [-0.15, -0.1) is 0 Å². The molecular weight excluding hydrogens is 437 g/mol. The number of hydrogen-bond acceptors (Lipinski definition) is 5. The van der Waals surface area contributed by atoms with E-state index in [-0.39, 0.29) is 31.2 Å². The highest BCUT2D eigenvalue weighted by molar-refractivity contribution is 6.30. The SMILES string of the molecule is C[C@H]1C=C(Nc2nc(=O)n(CCO)c(=O)n2Cc2ccc(Cl)cc2)C=C(C(F)(F)F)C1. The second kappa shape index (κ2) is 9.11. The number of aliphatic hydroxyl groups is 1. The Morgan fingerprint density at radius 3 is 2.52 bits per heavy atom. The van der Waals surface area contributed by atoms with E-state index < -0.39 is 35.7 Å². The van der Waals surface area contributed by atoms with Gasteiger partial charge in [-0.05, 0) is 36.1 Å². The van der Waals surface area contributed by atoms with Crippen molar-refractivity contribution in [2.75, 3.05) is 11.9 Å². The first-order chi connectivity index (χ1) is 14.6. The minimum Gasteiger partial charge on any atom is -0.395 e. The molecule has 2 N–H and O–H groups in total. The maximum Gasteiger partial charge on any atom is 0.412 e. The minimum absolute atomic E-state index is 0.0181. The van der Waals surface area contributed by atoms with Crippen LogP contribution in [0.25, 0.3) is 0 Å². The zero-order chi connectivity index (χ0) is 22.8. The summed E-state index contributed by atoms with van der Waals surface area (Å²) in [6.45, 7) is 0.901. The highest BCUT2D eigenvalue weighted by Crippen LogP contribution is 2.35. The number of aliphatic hydroxyl groups excluding tert-OH is 1. The molecule has 11 heteroatoms. The molecule has 0 aliphatic heterocycles. The van der Waals surface area contributed by atoms with Crippen LogP contribution in [0.15, 0.2) is 57.3 Å². The fraction of sp³-hybridized carbons (Fsp3) is 0.350. The standard InChI is InChI=1S/C20H20ClF3N4O3/c1-12-8-14(20(22,23)24)10-16(9-12)25-17-26-18(30)27(6-7-29)19(31)28(17)11-13-2-4-15(21)5-3-13/h2-5,9-10,12,29H,6-8,11H2,1H3,(H,25,26,30)/t12-/m1/s1. The van der Waals surface area contributed by atoms with Gasteiger partial charge < -0.3 is 10.4 Å². The fourth-order valence-electron chi connectivity index (χ4n) is 3.24. The Balaban J connectivity index is 2.06. The number of alkyl halides is 3. The number of benzene rings is 1. The lowest BCUT2D eigenvalue weighted by molar-refractivity contribution is -0.0950. The molecule has 1 aromatic carbocycles. The van der Waals surface area contributed by atoms with Crippen molar-refractivity contribution in [2.45, 2.75) is 32.6 Å². The lowest BCUT2D eigenvalue weighted by Crippen LogP contribution is -2.43. The van der Waals surface area contributed by atoms with Gasteiger partial charge in [0.1, 0.15) is 0 Å². The molecule has 3 rings (SSSR count). The van der Waals surface area contributed by atoms with Crippen LogP contribution in [-0.2, 0) is 13.1 Å². The maximum atomic E-state index is 13.2. The highest BCUT2D eigenvalue weighted by atomic mass is 35.5. The molecule has 0 saturated carbocycles.